The standard InChI is InChI=1S/C12H16FNO2/c1-4-16-12(15)10-7-9(13)5-6-11(10)14-8(2)3/h5-8,14H,4H2,1-3H3. The molecule has 0 fully saturated rings. The third kappa shape index (κ3) is 3.22. The molecule has 0 saturated carbocycles. The molecule has 0 aromatic heterocycles. The summed E-state index contributed by atoms with van der Waals surface area (Å²) in [6.45, 7) is 5.87. The summed E-state index contributed by atoms with van der Waals surface area (Å²) in [6, 6.07) is 4.20. The Labute approximate surface area is 94.6 Å². The van der Waals surface area contributed by atoms with Crippen LogP contribution >= 0.6 is 0 Å². The number of halogens is 1. The van der Waals surface area contributed by atoms with Crippen LogP contribution < -0.4 is 5.32 Å². The second kappa shape index (κ2) is 5.49. The van der Waals surface area contributed by atoms with E-state index in [1.54, 1.807) is 13.0 Å². The van der Waals surface area contributed by atoms with Gasteiger partial charge in [0.1, 0.15) is 5.82 Å². The van der Waals surface area contributed by atoms with Crippen molar-refractivity contribution in [2.24, 2.45) is 0 Å². The van der Waals surface area contributed by atoms with Crippen LogP contribution in [-0.2, 0) is 4.74 Å². The quantitative estimate of drug-likeness (QED) is 0.801. The molecule has 88 valence electrons. The molecule has 0 aliphatic heterocycles. The number of carbonyl (C=O) groups is 1. The second-order valence-corrected chi connectivity index (χ2v) is 3.71. The number of esters is 1. The molecule has 0 amide bonds. The van der Waals surface area contributed by atoms with E-state index >= 15 is 0 Å². The van der Waals surface area contributed by atoms with E-state index in [0.29, 0.717) is 5.69 Å². The lowest BCUT2D eigenvalue weighted by Crippen LogP contribution is -2.15. The molecule has 16 heavy (non-hydrogen) atoms. The second-order valence-electron chi connectivity index (χ2n) is 3.71. The highest BCUT2D eigenvalue weighted by atomic mass is 19.1. The van der Waals surface area contributed by atoms with E-state index < -0.39 is 11.8 Å². The molecule has 0 bridgehead atoms. The molecule has 0 atom stereocenters. The largest absolute Gasteiger partial charge is 0.462 e. The maximum atomic E-state index is 13.0. The monoisotopic (exact) mass is 225 g/mol. The van der Waals surface area contributed by atoms with Gasteiger partial charge in [0.2, 0.25) is 0 Å². The van der Waals surface area contributed by atoms with E-state index in [-0.39, 0.29) is 18.2 Å². The third-order valence-corrected chi connectivity index (χ3v) is 1.92. The number of hydrogen-bond donors (Lipinski definition) is 1. The first kappa shape index (κ1) is 12.5. The van der Waals surface area contributed by atoms with Gasteiger partial charge in [-0.1, -0.05) is 0 Å². The molecule has 0 aliphatic rings. The molecule has 0 spiro atoms. The summed E-state index contributed by atoms with van der Waals surface area (Å²) >= 11 is 0. The molecule has 1 rings (SSSR count). The number of nitrogens with one attached hydrogen (secondary N) is 1. The lowest BCUT2D eigenvalue weighted by molar-refractivity contribution is 0.0527. The summed E-state index contributed by atoms with van der Waals surface area (Å²) < 4.78 is 17.9. The highest BCUT2D eigenvalue weighted by molar-refractivity contribution is 5.95. The fourth-order valence-electron chi connectivity index (χ4n) is 1.33. The minimum absolute atomic E-state index is 0.165. The van der Waals surface area contributed by atoms with Gasteiger partial charge in [0, 0.05) is 11.7 Å². The molecule has 1 N–H and O–H groups in total. The van der Waals surface area contributed by atoms with E-state index in [1.165, 1.54) is 12.1 Å². The maximum Gasteiger partial charge on any atom is 0.340 e. The van der Waals surface area contributed by atoms with E-state index in [9.17, 15) is 9.18 Å². The Kier molecular flexibility index (Phi) is 4.28. The first-order chi connectivity index (χ1) is 7.54. The average Bonchev–Trinajstić information content (AvgIpc) is 2.20. The number of rotatable bonds is 4. The van der Waals surface area contributed by atoms with Gasteiger partial charge in [-0.05, 0) is 39.0 Å². The normalized spacial score (nSPS) is 10.3. The van der Waals surface area contributed by atoms with Crippen LogP contribution in [0.4, 0.5) is 10.1 Å². The van der Waals surface area contributed by atoms with Crippen molar-refractivity contribution < 1.29 is 13.9 Å². The van der Waals surface area contributed by atoms with E-state index in [2.05, 4.69) is 5.32 Å². The fourth-order valence-corrected chi connectivity index (χ4v) is 1.33. The summed E-state index contributed by atoms with van der Waals surface area (Å²) in [4.78, 5) is 11.6. The van der Waals surface area contributed by atoms with Crippen LogP contribution in [0.15, 0.2) is 18.2 Å². The molecule has 0 unspecified atom stereocenters. The van der Waals surface area contributed by atoms with Crippen molar-refractivity contribution in [2.45, 2.75) is 26.8 Å². The Morgan fingerprint density at radius 3 is 2.75 bits per heavy atom. The van der Waals surface area contributed by atoms with Crippen molar-refractivity contribution >= 4 is 11.7 Å². The van der Waals surface area contributed by atoms with Crippen molar-refractivity contribution in [3.63, 3.8) is 0 Å². The molecule has 1 aromatic rings. The number of benzene rings is 1. The Bertz CT molecular complexity index is 377. The van der Waals surface area contributed by atoms with Gasteiger partial charge in [-0.2, -0.15) is 0 Å². The van der Waals surface area contributed by atoms with Gasteiger partial charge in [0.15, 0.2) is 0 Å². The maximum absolute atomic E-state index is 13.0. The molecular formula is C12H16FNO2. The summed E-state index contributed by atoms with van der Waals surface area (Å²) in [6.07, 6.45) is 0. The number of anilines is 1. The van der Waals surface area contributed by atoms with Gasteiger partial charge in [0.05, 0.1) is 12.2 Å². The molecule has 0 saturated heterocycles. The number of carbonyl (C=O) groups excluding carboxylic acids is 1. The van der Waals surface area contributed by atoms with Crippen LogP contribution in [0.1, 0.15) is 31.1 Å². The van der Waals surface area contributed by atoms with Crippen LogP contribution in [0.3, 0.4) is 0 Å². The molecule has 0 aliphatic carbocycles. The van der Waals surface area contributed by atoms with Crippen molar-refractivity contribution in [3.8, 4) is 0 Å². The number of ether oxygens (including phenoxy) is 1. The lowest BCUT2D eigenvalue weighted by atomic mass is 10.1. The molecule has 3 nitrogen and oxygen atoms in total. The molecule has 0 heterocycles. The van der Waals surface area contributed by atoms with E-state index in [1.807, 2.05) is 13.8 Å². The van der Waals surface area contributed by atoms with Crippen LogP contribution in [0.5, 0.6) is 0 Å². The molecule has 0 radical (unpaired) electrons. The van der Waals surface area contributed by atoms with Crippen LogP contribution in [0, 0.1) is 5.82 Å². The molecular weight excluding hydrogens is 209 g/mol. The van der Waals surface area contributed by atoms with Crippen molar-refractivity contribution in [1.82, 2.24) is 0 Å². The summed E-state index contributed by atoms with van der Waals surface area (Å²) in [7, 11) is 0. The Balaban J connectivity index is 3.02. The first-order valence-corrected chi connectivity index (χ1v) is 5.27. The van der Waals surface area contributed by atoms with Crippen molar-refractivity contribution in [1.29, 1.82) is 0 Å². The predicted molar refractivity (Wildman–Crippen MR) is 61.1 cm³/mol. The van der Waals surface area contributed by atoms with E-state index in [4.69, 9.17) is 4.74 Å². The summed E-state index contributed by atoms with van der Waals surface area (Å²) in [5, 5.41) is 3.07. The van der Waals surface area contributed by atoms with Crippen LogP contribution in [-0.4, -0.2) is 18.6 Å². The predicted octanol–water partition coefficient (Wildman–Crippen LogP) is 2.82. The summed E-state index contributed by atoms with van der Waals surface area (Å²) in [5.41, 5.74) is 0.824. The Hall–Kier alpha value is -1.58. The van der Waals surface area contributed by atoms with Gasteiger partial charge in [-0.3, -0.25) is 0 Å². The zero-order valence-electron chi connectivity index (χ0n) is 9.71. The smallest absolute Gasteiger partial charge is 0.340 e. The molecule has 1 aromatic carbocycles. The Morgan fingerprint density at radius 2 is 2.19 bits per heavy atom. The van der Waals surface area contributed by atoms with Crippen molar-refractivity contribution in [3.05, 3.63) is 29.6 Å². The van der Waals surface area contributed by atoms with Gasteiger partial charge < -0.3 is 10.1 Å². The zero-order chi connectivity index (χ0) is 12.1. The fraction of sp³-hybridized carbons (Fsp3) is 0.417. The SMILES string of the molecule is CCOC(=O)c1cc(F)ccc1NC(C)C. The first-order valence-electron chi connectivity index (χ1n) is 5.27. The number of hydrogen-bond acceptors (Lipinski definition) is 3. The summed E-state index contributed by atoms with van der Waals surface area (Å²) in [5.74, 6) is -0.956. The highest BCUT2D eigenvalue weighted by Crippen LogP contribution is 2.19. The zero-order valence-corrected chi connectivity index (χ0v) is 9.71. The van der Waals surface area contributed by atoms with Crippen molar-refractivity contribution in [2.75, 3.05) is 11.9 Å². The Morgan fingerprint density at radius 1 is 1.50 bits per heavy atom. The lowest BCUT2D eigenvalue weighted by Gasteiger charge is -2.13. The highest BCUT2D eigenvalue weighted by Gasteiger charge is 2.14. The average molecular weight is 225 g/mol. The van der Waals surface area contributed by atoms with E-state index in [0.717, 1.165) is 0 Å². The molecule has 4 heteroatoms. The minimum atomic E-state index is -0.509. The topological polar surface area (TPSA) is 38.3 Å². The third-order valence-electron chi connectivity index (χ3n) is 1.92. The van der Waals surface area contributed by atoms with Crippen LogP contribution in [0.25, 0.3) is 0 Å². The van der Waals surface area contributed by atoms with Gasteiger partial charge in [-0.15, -0.1) is 0 Å². The minimum Gasteiger partial charge on any atom is -0.462 e. The van der Waals surface area contributed by atoms with Crippen LogP contribution in [0.2, 0.25) is 0 Å². The van der Waals surface area contributed by atoms with Gasteiger partial charge in [0.25, 0.3) is 0 Å². The van der Waals surface area contributed by atoms with Gasteiger partial charge in [-0.25, -0.2) is 9.18 Å². The van der Waals surface area contributed by atoms with Gasteiger partial charge >= 0.3 is 5.97 Å².